The highest BCUT2D eigenvalue weighted by Crippen LogP contribution is 2.07. The van der Waals surface area contributed by atoms with Gasteiger partial charge in [0.1, 0.15) is 18.9 Å². The van der Waals surface area contributed by atoms with E-state index in [-0.39, 0.29) is 12.2 Å². The molecule has 0 aliphatic rings. The minimum Gasteiger partial charge on any atom is -0.467 e. The summed E-state index contributed by atoms with van der Waals surface area (Å²) in [5.74, 6) is -1.43. The number of nitro groups is 1. The summed E-state index contributed by atoms with van der Waals surface area (Å²) in [7, 11) is 1.12. The number of nitrogens with zero attached hydrogens (tertiary/aromatic N) is 3. The van der Waals surface area contributed by atoms with E-state index in [9.17, 15) is 19.7 Å². The van der Waals surface area contributed by atoms with Gasteiger partial charge in [0.05, 0.1) is 18.6 Å². The summed E-state index contributed by atoms with van der Waals surface area (Å²) in [5.41, 5.74) is -0.250. The van der Waals surface area contributed by atoms with E-state index in [1.54, 1.807) is 0 Å². The minimum absolute atomic E-state index is 0.250. The highest BCUT2D eigenvalue weighted by Gasteiger charge is 2.21. The van der Waals surface area contributed by atoms with Gasteiger partial charge in [-0.15, -0.1) is 0 Å². The molecular weight excluding hydrogens is 260 g/mol. The molecule has 10 heteroatoms. The highest BCUT2D eigenvalue weighted by molar-refractivity contribution is 5.84. The number of aliphatic hydroxyl groups is 1. The number of aromatic nitrogens is 2. The third-order valence-corrected chi connectivity index (χ3v) is 2.14. The lowest BCUT2D eigenvalue weighted by Crippen LogP contribution is -2.45. The van der Waals surface area contributed by atoms with E-state index in [1.807, 2.05) is 0 Å². The lowest BCUT2D eigenvalue weighted by Gasteiger charge is -2.13. The van der Waals surface area contributed by atoms with Crippen LogP contribution >= 0.6 is 0 Å². The van der Waals surface area contributed by atoms with Gasteiger partial charge in [-0.05, 0) is 0 Å². The molecule has 10 nitrogen and oxygen atoms in total. The first-order chi connectivity index (χ1) is 8.97. The van der Waals surface area contributed by atoms with Crippen LogP contribution in [0.4, 0.5) is 5.69 Å². The Morgan fingerprint density at radius 1 is 1.68 bits per heavy atom. The largest absolute Gasteiger partial charge is 0.467 e. The molecule has 19 heavy (non-hydrogen) atoms. The summed E-state index contributed by atoms with van der Waals surface area (Å²) in [4.78, 5) is 32.4. The summed E-state index contributed by atoms with van der Waals surface area (Å²) >= 11 is 0. The van der Waals surface area contributed by atoms with E-state index in [2.05, 4.69) is 15.2 Å². The third-order valence-electron chi connectivity index (χ3n) is 2.14. The normalized spacial score (nSPS) is 11.7. The quantitative estimate of drug-likeness (QED) is 0.363. The first-order valence-electron chi connectivity index (χ1n) is 5.12. The van der Waals surface area contributed by atoms with Crippen molar-refractivity contribution in [3.8, 4) is 0 Å². The lowest BCUT2D eigenvalue weighted by molar-refractivity contribution is -0.385. The van der Waals surface area contributed by atoms with Crippen molar-refractivity contribution in [2.75, 3.05) is 13.7 Å². The first-order valence-corrected chi connectivity index (χ1v) is 5.12. The molecule has 1 aromatic heterocycles. The maximum atomic E-state index is 11.5. The van der Waals surface area contributed by atoms with Gasteiger partial charge in [-0.3, -0.25) is 19.6 Å². The molecule has 2 N–H and O–H groups in total. The Morgan fingerprint density at radius 3 is 2.84 bits per heavy atom. The molecule has 104 valence electrons. The van der Waals surface area contributed by atoms with Gasteiger partial charge in [-0.1, -0.05) is 0 Å². The molecule has 1 heterocycles. The predicted molar refractivity (Wildman–Crippen MR) is 59.9 cm³/mol. The van der Waals surface area contributed by atoms with Crippen molar-refractivity contribution in [2.45, 2.75) is 12.6 Å². The maximum Gasteiger partial charge on any atom is 0.330 e. The molecule has 0 radical (unpaired) electrons. The zero-order chi connectivity index (χ0) is 14.4. The molecule has 0 fully saturated rings. The van der Waals surface area contributed by atoms with E-state index in [0.717, 1.165) is 24.2 Å². The SMILES string of the molecule is COC(=O)C(CO)NC(=O)Cn1cc([N+](=O)[O-])cn1. The second kappa shape index (κ2) is 6.44. The summed E-state index contributed by atoms with van der Waals surface area (Å²) in [6, 6.07) is -1.18. The number of hydrogen-bond donors (Lipinski definition) is 2. The fraction of sp³-hybridized carbons (Fsp3) is 0.444. The average Bonchev–Trinajstić information content (AvgIpc) is 2.83. The van der Waals surface area contributed by atoms with Gasteiger partial charge in [0.25, 0.3) is 0 Å². The van der Waals surface area contributed by atoms with Crippen molar-refractivity contribution in [1.82, 2.24) is 15.1 Å². The van der Waals surface area contributed by atoms with E-state index in [0.29, 0.717) is 0 Å². The number of hydrogen-bond acceptors (Lipinski definition) is 7. The number of nitrogens with one attached hydrogen (secondary N) is 1. The van der Waals surface area contributed by atoms with Crippen molar-refractivity contribution >= 4 is 17.6 Å². The van der Waals surface area contributed by atoms with Crippen LogP contribution < -0.4 is 5.32 Å². The molecule has 1 unspecified atom stereocenters. The van der Waals surface area contributed by atoms with Crippen LogP contribution in [0, 0.1) is 10.1 Å². The van der Waals surface area contributed by atoms with E-state index in [1.165, 1.54) is 0 Å². The molecule has 0 aliphatic heterocycles. The van der Waals surface area contributed by atoms with Gasteiger partial charge in [0.15, 0.2) is 6.04 Å². The van der Waals surface area contributed by atoms with Crippen LogP contribution in [0.3, 0.4) is 0 Å². The summed E-state index contributed by atoms with van der Waals surface area (Å²) in [6.45, 7) is -0.932. The number of ether oxygens (including phenoxy) is 1. The summed E-state index contributed by atoms with van der Waals surface area (Å²) in [6.07, 6.45) is 2.07. The van der Waals surface area contributed by atoms with E-state index >= 15 is 0 Å². The minimum atomic E-state index is -1.18. The van der Waals surface area contributed by atoms with Gasteiger partial charge >= 0.3 is 11.7 Å². The number of amides is 1. The Labute approximate surface area is 107 Å². The Bertz CT molecular complexity index is 485. The molecule has 0 saturated heterocycles. The Morgan fingerprint density at radius 2 is 2.37 bits per heavy atom. The molecule has 1 rings (SSSR count). The molecule has 0 aliphatic carbocycles. The van der Waals surface area contributed by atoms with Crippen molar-refractivity contribution in [2.24, 2.45) is 0 Å². The van der Waals surface area contributed by atoms with Crippen LogP contribution in [-0.4, -0.2) is 51.4 Å². The van der Waals surface area contributed by atoms with Crippen LogP contribution in [0.25, 0.3) is 0 Å². The summed E-state index contributed by atoms with van der Waals surface area (Å²) in [5, 5.41) is 25.1. The van der Waals surface area contributed by atoms with Crippen molar-refractivity contribution in [3.05, 3.63) is 22.5 Å². The van der Waals surface area contributed by atoms with Crippen LogP contribution in [-0.2, 0) is 20.9 Å². The number of esters is 1. The van der Waals surface area contributed by atoms with Crippen molar-refractivity contribution in [3.63, 3.8) is 0 Å². The molecular formula is C9H12N4O6. The number of rotatable bonds is 6. The second-order valence-electron chi connectivity index (χ2n) is 3.48. The van der Waals surface area contributed by atoms with Crippen molar-refractivity contribution in [1.29, 1.82) is 0 Å². The van der Waals surface area contributed by atoms with Gasteiger partial charge in [-0.25, -0.2) is 4.79 Å². The third kappa shape index (κ3) is 4.03. The standard InChI is InChI=1S/C9H12N4O6/c1-19-9(16)7(5-14)11-8(15)4-12-3-6(2-10-12)13(17)18/h2-3,7,14H,4-5H2,1H3,(H,11,15). The Kier molecular flexibility index (Phi) is 4.94. The molecule has 1 atom stereocenters. The van der Waals surface area contributed by atoms with Gasteiger partial charge < -0.3 is 15.2 Å². The van der Waals surface area contributed by atoms with Gasteiger partial charge in [0.2, 0.25) is 5.91 Å². The molecule has 1 aromatic rings. The molecule has 0 spiro atoms. The number of aliphatic hydroxyl groups excluding tert-OH is 1. The Hall–Kier alpha value is -2.49. The molecule has 0 aromatic carbocycles. The fourth-order valence-corrected chi connectivity index (χ4v) is 1.24. The van der Waals surface area contributed by atoms with Gasteiger partial charge in [0, 0.05) is 0 Å². The van der Waals surface area contributed by atoms with E-state index < -0.39 is 29.4 Å². The predicted octanol–water partition coefficient (Wildman–Crippen LogP) is -1.56. The Balaban J connectivity index is 2.58. The smallest absolute Gasteiger partial charge is 0.330 e. The zero-order valence-corrected chi connectivity index (χ0v) is 9.98. The number of methoxy groups -OCH3 is 1. The maximum absolute atomic E-state index is 11.5. The highest BCUT2D eigenvalue weighted by atomic mass is 16.6. The zero-order valence-electron chi connectivity index (χ0n) is 9.98. The molecule has 0 bridgehead atoms. The number of carbonyl (C=O) groups excluding carboxylic acids is 2. The first kappa shape index (κ1) is 14.6. The average molecular weight is 272 g/mol. The lowest BCUT2D eigenvalue weighted by atomic mass is 10.3. The second-order valence-corrected chi connectivity index (χ2v) is 3.48. The topological polar surface area (TPSA) is 137 Å². The van der Waals surface area contributed by atoms with Crippen LogP contribution in [0.2, 0.25) is 0 Å². The summed E-state index contributed by atoms with van der Waals surface area (Å²) < 4.78 is 5.41. The monoisotopic (exact) mass is 272 g/mol. The van der Waals surface area contributed by atoms with Crippen LogP contribution in [0.1, 0.15) is 0 Å². The van der Waals surface area contributed by atoms with Gasteiger partial charge in [-0.2, -0.15) is 5.10 Å². The fourth-order valence-electron chi connectivity index (χ4n) is 1.24. The number of carbonyl (C=O) groups is 2. The molecule has 0 saturated carbocycles. The molecule has 1 amide bonds. The van der Waals surface area contributed by atoms with E-state index in [4.69, 9.17) is 5.11 Å². The van der Waals surface area contributed by atoms with Crippen LogP contribution in [0.5, 0.6) is 0 Å². The van der Waals surface area contributed by atoms with Crippen molar-refractivity contribution < 1.29 is 24.4 Å². The van der Waals surface area contributed by atoms with Crippen LogP contribution in [0.15, 0.2) is 12.4 Å².